The van der Waals surface area contributed by atoms with Crippen LogP contribution in [0.5, 0.6) is 0 Å². The summed E-state index contributed by atoms with van der Waals surface area (Å²) in [6.45, 7) is 6.86. The second-order valence-corrected chi connectivity index (χ2v) is 4.30. The third-order valence-electron chi connectivity index (χ3n) is 3.07. The predicted octanol–water partition coefficient (Wildman–Crippen LogP) is 2.19. The van der Waals surface area contributed by atoms with Gasteiger partial charge in [-0.2, -0.15) is 0 Å². The predicted molar refractivity (Wildman–Crippen MR) is 73.5 cm³/mol. The van der Waals surface area contributed by atoms with Gasteiger partial charge in [0, 0.05) is 32.4 Å². The minimum absolute atomic E-state index is 0.161. The quantitative estimate of drug-likeness (QED) is 0.788. The van der Waals surface area contributed by atoms with Crippen molar-refractivity contribution in [2.75, 3.05) is 31.6 Å². The lowest BCUT2D eigenvalue weighted by Crippen LogP contribution is -2.31. The lowest BCUT2D eigenvalue weighted by atomic mass is 10.2. The summed E-state index contributed by atoms with van der Waals surface area (Å²) in [6.07, 6.45) is 1.13. The molecule has 0 bridgehead atoms. The molecule has 0 spiro atoms. The highest BCUT2D eigenvalue weighted by molar-refractivity contribution is 5.48. The van der Waals surface area contributed by atoms with E-state index in [0.29, 0.717) is 6.54 Å². The molecule has 17 heavy (non-hydrogen) atoms. The van der Waals surface area contributed by atoms with Gasteiger partial charge in [-0.25, -0.2) is 0 Å². The van der Waals surface area contributed by atoms with Crippen molar-refractivity contribution in [3.05, 3.63) is 29.8 Å². The maximum absolute atomic E-state index is 5.63. The third-order valence-corrected chi connectivity index (χ3v) is 3.07. The summed E-state index contributed by atoms with van der Waals surface area (Å²) < 4.78 is 5.30. The molecule has 0 fully saturated rings. The highest BCUT2D eigenvalue weighted by atomic mass is 16.5. The van der Waals surface area contributed by atoms with Crippen LogP contribution in [0.1, 0.15) is 18.9 Å². The van der Waals surface area contributed by atoms with Gasteiger partial charge in [-0.3, -0.25) is 0 Å². The summed E-state index contributed by atoms with van der Waals surface area (Å²) in [5.74, 6) is 0. The summed E-state index contributed by atoms with van der Waals surface area (Å²) in [4.78, 5) is 2.36. The van der Waals surface area contributed by atoms with Crippen LogP contribution in [0.3, 0.4) is 0 Å². The summed E-state index contributed by atoms with van der Waals surface area (Å²) >= 11 is 0. The van der Waals surface area contributed by atoms with Gasteiger partial charge in [0.1, 0.15) is 0 Å². The fourth-order valence-corrected chi connectivity index (χ4v) is 1.93. The molecule has 0 saturated heterocycles. The topological polar surface area (TPSA) is 38.5 Å². The van der Waals surface area contributed by atoms with Crippen molar-refractivity contribution in [1.29, 1.82) is 0 Å². The molecule has 1 rings (SSSR count). The molecule has 0 saturated carbocycles. The van der Waals surface area contributed by atoms with E-state index < -0.39 is 0 Å². The normalized spacial score (nSPS) is 12.5. The van der Waals surface area contributed by atoms with Gasteiger partial charge in [-0.05, 0) is 38.0 Å². The van der Waals surface area contributed by atoms with Gasteiger partial charge in [0.15, 0.2) is 0 Å². The molecule has 0 aliphatic heterocycles. The van der Waals surface area contributed by atoms with Gasteiger partial charge in [-0.15, -0.1) is 0 Å². The van der Waals surface area contributed by atoms with Gasteiger partial charge in [0.25, 0.3) is 0 Å². The number of nitrogens with two attached hydrogens (primary N) is 1. The first-order valence-corrected chi connectivity index (χ1v) is 6.25. The maximum atomic E-state index is 5.63. The highest BCUT2D eigenvalue weighted by Crippen LogP contribution is 2.16. The molecule has 1 atom stereocenters. The molecule has 0 heterocycles. The van der Waals surface area contributed by atoms with Crippen molar-refractivity contribution in [3.8, 4) is 0 Å². The second-order valence-electron chi connectivity index (χ2n) is 4.30. The molecule has 3 nitrogen and oxygen atoms in total. The van der Waals surface area contributed by atoms with E-state index in [1.807, 2.05) is 0 Å². The molecule has 0 aliphatic rings. The van der Waals surface area contributed by atoms with Crippen LogP contribution in [-0.4, -0.2) is 32.8 Å². The van der Waals surface area contributed by atoms with Crippen LogP contribution in [0.25, 0.3) is 0 Å². The minimum Gasteiger partial charge on any atom is -0.380 e. The average molecular weight is 236 g/mol. The minimum atomic E-state index is 0.161. The van der Waals surface area contributed by atoms with Crippen molar-refractivity contribution >= 4 is 5.69 Å². The van der Waals surface area contributed by atoms with Crippen LogP contribution in [0.4, 0.5) is 5.69 Å². The third kappa shape index (κ3) is 4.36. The Kier molecular flexibility index (Phi) is 6.01. The van der Waals surface area contributed by atoms with Gasteiger partial charge in [-0.1, -0.05) is 12.1 Å². The molecule has 2 N–H and O–H groups in total. The van der Waals surface area contributed by atoms with Crippen LogP contribution in [0, 0.1) is 6.92 Å². The number of benzene rings is 1. The Bertz CT molecular complexity index is 324. The van der Waals surface area contributed by atoms with E-state index in [1.165, 1.54) is 11.3 Å². The van der Waals surface area contributed by atoms with Gasteiger partial charge in [0.2, 0.25) is 0 Å². The largest absolute Gasteiger partial charge is 0.380 e. The van der Waals surface area contributed by atoms with Crippen LogP contribution >= 0.6 is 0 Å². The zero-order chi connectivity index (χ0) is 12.7. The maximum Gasteiger partial charge on any atom is 0.0710 e. The van der Waals surface area contributed by atoms with Gasteiger partial charge >= 0.3 is 0 Å². The van der Waals surface area contributed by atoms with E-state index in [-0.39, 0.29) is 6.10 Å². The zero-order valence-electron chi connectivity index (χ0n) is 11.1. The van der Waals surface area contributed by atoms with Crippen LogP contribution in [-0.2, 0) is 4.74 Å². The molecular formula is C14H24N2O. The van der Waals surface area contributed by atoms with Crippen LogP contribution in [0.2, 0.25) is 0 Å². The van der Waals surface area contributed by atoms with Crippen LogP contribution in [0.15, 0.2) is 24.3 Å². The fraction of sp³-hybridized carbons (Fsp3) is 0.571. The first-order valence-electron chi connectivity index (χ1n) is 6.25. The Morgan fingerprint density at radius 3 is 2.71 bits per heavy atom. The lowest BCUT2D eigenvalue weighted by molar-refractivity contribution is 0.104. The molecule has 0 amide bonds. The van der Waals surface area contributed by atoms with E-state index in [4.69, 9.17) is 10.5 Å². The van der Waals surface area contributed by atoms with Gasteiger partial charge < -0.3 is 15.4 Å². The van der Waals surface area contributed by atoms with Crippen molar-refractivity contribution in [2.24, 2.45) is 5.73 Å². The number of anilines is 1. The summed E-state index contributed by atoms with van der Waals surface area (Å²) in [6, 6.07) is 8.59. The Hall–Kier alpha value is -1.06. The Labute approximate surface area is 105 Å². The van der Waals surface area contributed by atoms with E-state index in [1.54, 1.807) is 7.11 Å². The SMILES string of the molecule is CCN(CCC(CN)OC)c1cccc(C)c1. The monoisotopic (exact) mass is 236 g/mol. The first kappa shape index (κ1) is 14.0. The highest BCUT2D eigenvalue weighted by Gasteiger charge is 2.09. The average Bonchev–Trinajstić information content (AvgIpc) is 2.35. The van der Waals surface area contributed by atoms with E-state index in [9.17, 15) is 0 Å². The number of ether oxygens (including phenoxy) is 1. The van der Waals surface area contributed by atoms with Crippen molar-refractivity contribution in [3.63, 3.8) is 0 Å². The standard InChI is InChI=1S/C14H24N2O/c1-4-16(9-8-14(11-15)17-3)13-7-5-6-12(2)10-13/h5-7,10,14H,4,8-9,11,15H2,1-3H3. The summed E-state index contributed by atoms with van der Waals surface area (Å²) in [5.41, 5.74) is 8.20. The van der Waals surface area contributed by atoms with Gasteiger partial charge in [0.05, 0.1) is 6.10 Å². The number of hydrogen-bond donors (Lipinski definition) is 1. The van der Waals surface area contributed by atoms with E-state index in [2.05, 4.69) is 43.0 Å². The Morgan fingerprint density at radius 1 is 1.41 bits per heavy atom. The summed E-state index contributed by atoms with van der Waals surface area (Å²) in [5, 5.41) is 0. The van der Waals surface area contributed by atoms with E-state index in [0.717, 1.165) is 19.5 Å². The molecular weight excluding hydrogens is 212 g/mol. The molecule has 96 valence electrons. The lowest BCUT2D eigenvalue weighted by Gasteiger charge is -2.25. The van der Waals surface area contributed by atoms with Crippen molar-refractivity contribution in [2.45, 2.75) is 26.4 Å². The molecule has 0 radical (unpaired) electrons. The molecule has 1 unspecified atom stereocenters. The van der Waals surface area contributed by atoms with Crippen molar-refractivity contribution < 1.29 is 4.74 Å². The smallest absolute Gasteiger partial charge is 0.0710 e. The fourth-order valence-electron chi connectivity index (χ4n) is 1.93. The van der Waals surface area contributed by atoms with E-state index >= 15 is 0 Å². The van der Waals surface area contributed by atoms with Crippen LogP contribution < -0.4 is 10.6 Å². The van der Waals surface area contributed by atoms with Crippen molar-refractivity contribution in [1.82, 2.24) is 0 Å². The number of rotatable bonds is 7. The molecule has 1 aromatic carbocycles. The zero-order valence-corrected chi connectivity index (χ0v) is 11.1. The molecule has 0 aliphatic carbocycles. The molecule has 0 aromatic heterocycles. The Balaban J connectivity index is 2.59. The number of hydrogen-bond acceptors (Lipinski definition) is 3. The Morgan fingerprint density at radius 2 is 2.18 bits per heavy atom. The first-order chi connectivity index (χ1) is 8.21. The second kappa shape index (κ2) is 7.30. The number of aryl methyl sites for hydroxylation is 1. The molecule has 1 aromatic rings. The summed E-state index contributed by atoms with van der Waals surface area (Å²) in [7, 11) is 1.72. The number of methoxy groups -OCH3 is 1. The number of nitrogens with zero attached hydrogens (tertiary/aromatic N) is 1. The molecule has 3 heteroatoms.